The molecule has 0 aliphatic rings. The number of ether oxygens (including phenoxy) is 1. The van der Waals surface area contributed by atoms with Crippen LogP contribution in [-0.2, 0) is 11.2 Å². The molecule has 0 bridgehead atoms. The molecule has 0 fully saturated rings. The minimum atomic E-state index is -0.834. The molecular formula is C12H17F2NO. The number of benzene rings is 1. The maximum atomic E-state index is 12.9. The molecule has 4 heteroatoms. The van der Waals surface area contributed by atoms with E-state index in [0.717, 1.165) is 12.5 Å². The molecular weight excluding hydrogens is 212 g/mol. The van der Waals surface area contributed by atoms with Crippen molar-refractivity contribution in [2.75, 3.05) is 13.2 Å². The van der Waals surface area contributed by atoms with Crippen LogP contribution in [0.3, 0.4) is 0 Å². The van der Waals surface area contributed by atoms with Gasteiger partial charge in [-0.2, -0.15) is 0 Å². The zero-order valence-corrected chi connectivity index (χ0v) is 9.38. The number of hydrogen-bond acceptors (Lipinski definition) is 2. The van der Waals surface area contributed by atoms with E-state index in [1.54, 1.807) is 0 Å². The van der Waals surface area contributed by atoms with E-state index in [1.165, 1.54) is 12.1 Å². The van der Waals surface area contributed by atoms with Crippen molar-refractivity contribution >= 4 is 0 Å². The Morgan fingerprint density at radius 1 is 1.31 bits per heavy atom. The Morgan fingerprint density at radius 2 is 2.06 bits per heavy atom. The van der Waals surface area contributed by atoms with Crippen molar-refractivity contribution in [1.29, 1.82) is 0 Å². The van der Waals surface area contributed by atoms with Crippen LogP contribution in [0.1, 0.15) is 18.9 Å². The quantitative estimate of drug-likeness (QED) is 0.759. The summed E-state index contributed by atoms with van der Waals surface area (Å²) in [7, 11) is 0. The molecule has 0 aliphatic heterocycles. The van der Waals surface area contributed by atoms with Gasteiger partial charge in [-0.15, -0.1) is 0 Å². The lowest BCUT2D eigenvalue weighted by molar-refractivity contribution is 0.121. The van der Waals surface area contributed by atoms with Gasteiger partial charge in [-0.1, -0.05) is 13.0 Å². The summed E-state index contributed by atoms with van der Waals surface area (Å²) in [6.45, 7) is 3.12. The molecule has 1 unspecified atom stereocenters. The lowest BCUT2D eigenvalue weighted by Gasteiger charge is -2.11. The van der Waals surface area contributed by atoms with E-state index in [-0.39, 0.29) is 6.04 Å². The summed E-state index contributed by atoms with van der Waals surface area (Å²) in [6, 6.07) is 3.65. The highest BCUT2D eigenvalue weighted by Gasteiger charge is 2.07. The van der Waals surface area contributed by atoms with Gasteiger partial charge in [0.25, 0.3) is 0 Å². The van der Waals surface area contributed by atoms with E-state index in [0.29, 0.717) is 25.2 Å². The molecule has 1 aromatic carbocycles. The second kappa shape index (κ2) is 6.55. The van der Waals surface area contributed by atoms with Gasteiger partial charge in [0.05, 0.1) is 6.61 Å². The van der Waals surface area contributed by atoms with E-state index < -0.39 is 11.6 Å². The SMILES string of the molecule is CCCOCC(N)Cc1ccc(F)c(F)c1. The molecule has 0 heterocycles. The molecule has 0 spiro atoms. The first-order valence-electron chi connectivity index (χ1n) is 5.40. The smallest absolute Gasteiger partial charge is 0.159 e. The molecule has 1 atom stereocenters. The van der Waals surface area contributed by atoms with Gasteiger partial charge >= 0.3 is 0 Å². The standard InChI is InChI=1S/C12H17F2NO/c1-2-5-16-8-10(15)6-9-3-4-11(13)12(14)7-9/h3-4,7,10H,2,5-6,8,15H2,1H3. The molecule has 2 nitrogen and oxygen atoms in total. The van der Waals surface area contributed by atoms with Gasteiger partial charge in [-0.05, 0) is 30.5 Å². The minimum absolute atomic E-state index is 0.184. The van der Waals surface area contributed by atoms with Gasteiger partial charge in [-0.3, -0.25) is 0 Å². The Kier molecular flexibility index (Phi) is 5.35. The van der Waals surface area contributed by atoms with E-state index in [2.05, 4.69) is 0 Å². The van der Waals surface area contributed by atoms with Crippen LogP contribution in [0.15, 0.2) is 18.2 Å². The van der Waals surface area contributed by atoms with Gasteiger partial charge in [0, 0.05) is 12.6 Å². The maximum absolute atomic E-state index is 12.9. The summed E-state index contributed by atoms with van der Waals surface area (Å²) in [4.78, 5) is 0. The van der Waals surface area contributed by atoms with Crippen molar-refractivity contribution in [1.82, 2.24) is 0 Å². The summed E-state index contributed by atoms with van der Waals surface area (Å²) >= 11 is 0. The average Bonchev–Trinajstić information content (AvgIpc) is 2.24. The van der Waals surface area contributed by atoms with Crippen LogP contribution in [-0.4, -0.2) is 19.3 Å². The van der Waals surface area contributed by atoms with Crippen molar-refractivity contribution in [2.45, 2.75) is 25.8 Å². The third-order valence-electron chi connectivity index (χ3n) is 2.16. The molecule has 16 heavy (non-hydrogen) atoms. The van der Waals surface area contributed by atoms with Crippen molar-refractivity contribution < 1.29 is 13.5 Å². The summed E-state index contributed by atoms with van der Waals surface area (Å²) in [5.41, 5.74) is 6.48. The Balaban J connectivity index is 2.43. The first kappa shape index (κ1) is 13.1. The first-order valence-corrected chi connectivity index (χ1v) is 5.40. The van der Waals surface area contributed by atoms with Crippen LogP contribution >= 0.6 is 0 Å². The maximum Gasteiger partial charge on any atom is 0.159 e. The molecule has 0 aliphatic carbocycles. The van der Waals surface area contributed by atoms with Crippen molar-refractivity contribution in [3.63, 3.8) is 0 Å². The average molecular weight is 229 g/mol. The Bertz CT molecular complexity index is 331. The Morgan fingerprint density at radius 3 is 2.69 bits per heavy atom. The topological polar surface area (TPSA) is 35.2 Å². The third kappa shape index (κ3) is 4.24. The fourth-order valence-electron chi connectivity index (χ4n) is 1.41. The normalized spacial score (nSPS) is 12.8. The van der Waals surface area contributed by atoms with Gasteiger partial charge in [-0.25, -0.2) is 8.78 Å². The second-order valence-corrected chi connectivity index (χ2v) is 3.79. The fraction of sp³-hybridized carbons (Fsp3) is 0.500. The minimum Gasteiger partial charge on any atom is -0.380 e. The van der Waals surface area contributed by atoms with Crippen LogP contribution in [0, 0.1) is 11.6 Å². The highest BCUT2D eigenvalue weighted by atomic mass is 19.2. The molecule has 0 saturated carbocycles. The molecule has 1 rings (SSSR count). The van der Waals surface area contributed by atoms with Crippen molar-refractivity contribution in [3.05, 3.63) is 35.4 Å². The summed E-state index contributed by atoms with van der Waals surface area (Å²) in [5, 5.41) is 0. The molecule has 90 valence electrons. The van der Waals surface area contributed by atoms with Crippen molar-refractivity contribution in [2.24, 2.45) is 5.73 Å². The number of rotatable bonds is 6. The van der Waals surface area contributed by atoms with Gasteiger partial charge in [0.1, 0.15) is 0 Å². The number of hydrogen-bond donors (Lipinski definition) is 1. The van der Waals surface area contributed by atoms with E-state index in [1.807, 2.05) is 6.92 Å². The predicted octanol–water partition coefficient (Wildman–Crippen LogP) is 2.26. The van der Waals surface area contributed by atoms with Crippen LogP contribution in [0.5, 0.6) is 0 Å². The lowest BCUT2D eigenvalue weighted by atomic mass is 10.1. The zero-order valence-electron chi connectivity index (χ0n) is 9.38. The zero-order chi connectivity index (χ0) is 12.0. The van der Waals surface area contributed by atoms with Gasteiger partial charge < -0.3 is 10.5 Å². The van der Waals surface area contributed by atoms with Crippen molar-refractivity contribution in [3.8, 4) is 0 Å². The summed E-state index contributed by atoms with van der Waals surface area (Å²) in [5.74, 6) is -1.67. The first-order chi connectivity index (χ1) is 7.63. The monoisotopic (exact) mass is 229 g/mol. The van der Waals surface area contributed by atoms with Crippen LogP contribution < -0.4 is 5.73 Å². The lowest BCUT2D eigenvalue weighted by Crippen LogP contribution is -2.28. The summed E-state index contributed by atoms with van der Waals surface area (Å²) in [6.07, 6.45) is 1.43. The molecule has 0 amide bonds. The predicted molar refractivity (Wildman–Crippen MR) is 59.1 cm³/mol. The van der Waals surface area contributed by atoms with Gasteiger partial charge in [0.15, 0.2) is 11.6 Å². The largest absolute Gasteiger partial charge is 0.380 e. The Labute approximate surface area is 94.4 Å². The molecule has 2 N–H and O–H groups in total. The number of halogens is 2. The second-order valence-electron chi connectivity index (χ2n) is 3.79. The molecule has 0 radical (unpaired) electrons. The fourth-order valence-corrected chi connectivity index (χ4v) is 1.41. The highest BCUT2D eigenvalue weighted by Crippen LogP contribution is 2.10. The van der Waals surface area contributed by atoms with Gasteiger partial charge in [0.2, 0.25) is 0 Å². The number of nitrogens with two attached hydrogens (primary N) is 1. The van der Waals surface area contributed by atoms with Crippen LogP contribution in [0.4, 0.5) is 8.78 Å². The summed E-state index contributed by atoms with van der Waals surface area (Å²) < 4.78 is 30.8. The highest BCUT2D eigenvalue weighted by molar-refractivity contribution is 5.18. The molecule has 1 aromatic rings. The van der Waals surface area contributed by atoms with Crippen LogP contribution in [0.25, 0.3) is 0 Å². The Hall–Kier alpha value is -1.00. The van der Waals surface area contributed by atoms with E-state index >= 15 is 0 Å². The molecule has 0 aromatic heterocycles. The van der Waals surface area contributed by atoms with E-state index in [9.17, 15) is 8.78 Å². The third-order valence-corrected chi connectivity index (χ3v) is 2.16. The molecule has 0 saturated heterocycles. The van der Waals surface area contributed by atoms with Crippen LogP contribution in [0.2, 0.25) is 0 Å². The van der Waals surface area contributed by atoms with E-state index in [4.69, 9.17) is 10.5 Å².